The van der Waals surface area contributed by atoms with E-state index in [1.807, 2.05) is 0 Å². The minimum atomic E-state index is 0.479. The normalized spacial score (nSPS) is 45.7. The fourth-order valence-electron chi connectivity index (χ4n) is 2.92. The van der Waals surface area contributed by atoms with Crippen LogP contribution < -0.4 is 5.32 Å². The van der Waals surface area contributed by atoms with Crippen molar-refractivity contribution in [2.45, 2.75) is 56.1 Å². The van der Waals surface area contributed by atoms with Gasteiger partial charge in [-0.2, -0.15) is 0 Å². The van der Waals surface area contributed by atoms with Gasteiger partial charge in [-0.1, -0.05) is 26.7 Å². The quantitative estimate of drug-likeness (QED) is 0.697. The van der Waals surface area contributed by atoms with Crippen LogP contribution in [0.25, 0.3) is 0 Å². The Bertz CT molecular complexity index is 183. The fraction of sp³-hybridized carbons (Fsp3) is 1.00. The smallest absolute Gasteiger partial charge is 0.0676 e. The summed E-state index contributed by atoms with van der Waals surface area (Å²) in [6.07, 6.45) is 6.99. The zero-order chi connectivity index (χ0) is 9.31. The summed E-state index contributed by atoms with van der Waals surface area (Å²) in [6, 6.07) is 0. The van der Waals surface area contributed by atoms with Crippen LogP contribution in [0, 0.1) is 5.92 Å². The maximum atomic E-state index is 3.79. The van der Waals surface area contributed by atoms with Crippen LogP contribution in [0.3, 0.4) is 0 Å². The molecule has 3 atom stereocenters. The third-order valence-corrected chi connectivity index (χ3v) is 5.38. The van der Waals surface area contributed by atoms with Crippen LogP contribution in [-0.2, 0) is 0 Å². The molecule has 2 rings (SSSR count). The molecule has 1 saturated carbocycles. The van der Waals surface area contributed by atoms with E-state index in [2.05, 4.69) is 30.9 Å². The second kappa shape index (κ2) is 3.82. The largest absolute Gasteiger partial charge is 0.303 e. The Morgan fingerprint density at radius 2 is 2.31 bits per heavy atom. The molecule has 1 nitrogen and oxygen atoms in total. The highest BCUT2D eigenvalue weighted by molar-refractivity contribution is 8.01. The summed E-state index contributed by atoms with van der Waals surface area (Å²) in [5.74, 6) is 0.931. The van der Waals surface area contributed by atoms with E-state index in [0.717, 1.165) is 11.2 Å². The molecule has 0 aromatic heterocycles. The second-order valence-corrected chi connectivity index (χ2v) is 6.30. The third kappa shape index (κ3) is 1.75. The van der Waals surface area contributed by atoms with Crippen molar-refractivity contribution in [3.05, 3.63) is 0 Å². The molecule has 13 heavy (non-hydrogen) atoms. The van der Waals surface area contributed by atoms with E-state index in [4.69, 9.17) is 0 Å². The van der Waals surface area contributed by atoms with Crippen molar-refractivity contribution in [3.63, 3.8) is 0 Å². The van der Waals surface area contributed by atoms with Gasteiger partial charge in [0.15, 0.2) is 0 Å². The van der Waals surface area contributed by atoms with Gasteiger partial charge in [0.05, 0.1) is 4.87 Å². The van der Waals surface area contributed by atoms with Gasteiger partial charge in [0, 0.05) is 5.25 Å². The van der Waals surface area contributed by atoms with Crippen molar-refractivity contribution in [3.8, 4) is 0 Å². The van der Waals surface area contributed by atoms with Gasteiger partial charge in [-0.25, -0.2) is 0 Å². The van der Waals surface area contributed by atoms with Crippen LogP contribution in [-0.4, -0.2) is 16.7 Å². The first-order valence-corrected chi connectivity index (χ1v) is 6.57. The van der Waals surface area contributed by atoms with E-state index in [0.29, 0.717) is 4.87 Å². The number of thioether (sulfide) groups is 1. The predicted molar refractivity (Wildman–Crippen MR) is 60.0 cm³/mol. The van der Waals surface area contributed by atoms with Gasteiger partial charge >= 0.3 is 0 Å². The first-order valence-electron chi connectivity index (χ1n) is 5.69. The number of rotatable bonds is 1. The molecule has 1 heterocycles. The lowest BCUT2D eigenvalue weighted by Gasteiger charge is -2.42. The molecule has 1 spiro atoms. The van der Waals surface area contributed by atoms with Crippen molar-refractivity contribution in [1.82, 2.24) is 5.32 Å². The van der Waals surface area contributed by atoms with Gasteiger partial charge in [-0.15, -0.1) is 11.8 Å². The van der Waals surface area contributed by atoms with E-state index in [1.165, 1.54) is 38.6 Å². The average molecular weight is 199 g/mol. The number of hydrogen-bond acceptors (Lipinski definition) is 2. The molecule has 1 N–H and O–H groups in total. The minimum absolute atomic E-state index is 0.479. The lowest BCUT2D eigenvalue weighted by Crippen LogP contribution is -2.50. The SMILES string of the molecule is CCC1CCCC12NCCC(C)S2. The summed E-state index contributed by atoms with van der Waals surface area (Å²) in [4.78, 5) is 0.479. The third-order valence-electron chi connectivity index (χ3n) is 3.64. The standard InChI is InChI=1S/C11H21NS/c1-3-10-5-4-7-11(10)12-8-6-9(2)13-11/h9-10,12H,3-8H2,1-2H3. The lowest BCUT2D eigenvalue weighted by atomic mass is 9.99. The van der Waals surface area contributed by atoms with Crippen LogP contribution in [0.5, 0.6) is 0 Å². The van der Waals surface area contributed by atoms with Crippen molar-refractivity contribution < 1.29 is 0 Å². The van der Waals surface area contributed by atoms with Crippen LogP contribution >= 0.6 is 11.8 Å². The summed E-state index contributed by atoms with van der Waals surface area (Å²) >= 11 is 2.22. The van der Waals surface area contributed by atoms with Gasteiger partial charge in [-0.05, 0) is 31.7 Å². The van der Waals surface area contributed by atoms with Crippen molar-refractivity contribution in [2.75, 3.05) is 6.54 Å². The second-order valence-electron chi connectivity index (χ2n) is 4.53. The maximum Gasteiger partial charge on any atom is 0.0676 e. The molecule has 0 aromatic carbocycles. The monoisotopic (exact) mass is 199 g/mol. The van der Waals surface area contributed by atoms with Crippen LogP contribution in [0.2, 0.25) is 0 Å². The molecular formula is C11H21NS. The lowest BCUT2D eigenvalue weighted by molar-refractivity contribution is 0.338. The number of nitrogens with one attached hydrogen (secondary N) is 1. The summed E-state index contributed by atoms with van der Waals surface area (Å²) in [5.41, 5.74) is 0. The molecule has 1 aliphatic heterocycles. The highest BCUT2D eigenvalue weighted by Gasteiger charge is 2.44. The zero-order valence-corrected chi connectivity index (χ0v) is 9.62. The summed E-state index contributed by atoms with van der Waals surface area (Å²) in [5, 5.41) is 4.66. The Kier molecular flexibility index (Phi) is 2.89. The average Bonchev–Trinajstić information content (AvgIpc) is 2.47. The van der Waals surface area contributed by atoms with Crippen molar-refractivity contribution in [1.29, 1.82) is 0 Å². The van der Waals surface area contributed by atoms with E-state index in [9.17, 15) is 0 Å². The predicted octanol–water partition coefficient (Wildman–Crippen LogP) is 3.01. The molecule has 2 heteroatoms. The van der Waals surface area contributed by atoms with E-state index in [-0.39, 0.29) is 0 Å². The highest BCUT2D eigenvalue weighted by atomic mass is 32.2. The van der Waals surface area contributed by atoms with Crippen molar-refractivity contribution >= 4 is 11.8 Å². The zero-order valence-electron chi connectivity index (χ0n) is 8.81. The maximum absolute atomic E-state index is 3.79. The van der Waals surface area contributed by atoms with Crippen LogP contribution in [0.15, 0.2) is 0 Å². The molecular weight excluding hydrogens is 178 g/mol. The van der Waals surface area contributed by atoms with Crippen molar-refractivity contribution in [2.24, 2.45) is 5.92 Å². The minimum Gasteiger partial charge on any atom is -0.303 e. The molecule has 0 radical (unpaired) electrons. The molecule has 0 bridgehead atoms. The molecule has 0 amide bonds. The van der Waals surface area contributed by atoms with E-state index >= 15 is 0 Å². The molecule has 76 valence electrons. The summed E-state index contributed by atoms with van der Waals surface area (Å²) in [7, 11) is 0. The Morgan fingerprint density at radius 1 is 1.46 bits per heavy atom. The summed E-state index contributed by atoms with van der Waals surface area (Å²) < 4.78 is 0. The van der Waals surface area contributed by atoms with Crippen LogP contribution in [0.1, 0.15) is 46.0 Å². The Balaban J connectivity index is 2.08. The molecule has 1 saturated heterocycles. The van der Waals surface area contributed by atoms with Gasteiger partial charge < -0.3 is 5.32 Å². The van der Waals surface area contributed by atoms with Gasteiger partial charge in [0.25, 0.3) is 0 Å². The van der Waals surface area contributed by atoms with Crippen LogP contribution in [0.4, 0.5) is 0 Å². The Labute approximate surface area is 86.0 Å². The molecule has 0 aromatic rings. The van der Waals surface area contributed by atoms with Gasteiger partial charge in [-0.3, -0.25) is 0 Å². The topological polar surface area (TPSA) is 12.0 Å². The molecule has 1 aliphatic carbocycles. The van der Waals surface area contributed by atoms with E-state index in [1.54, 1.807) is 0 Å². The summed E-state index contributed by atoms with van der Waals surface area (Å²) in [6.45, 7) is 5.97. The highest BCUT2D eigenvalue weighted by Crippen LogP contribution is 2.49. The molecule has 2 aliphatic rings. The first-order chi connectivity index (χ1) is 6.27. The van der Waals surface area contributed by atoms with Gasteiger partial charge in [0.1, 0.15) is 0 Å². The first kappa shape index (κ1) is 9.85. The molecule has 3 unspecified atom stereocenters. The Morgan fingerprint density at radius 3 is 3.00 bits per heavy atom. The van der Waals surface area contributed by atoms with Gasteiger partial charge in [0.2, 0.25) is 0 Å². The fourth-order valence-corrected chi connectivity index (χ4v) is 4.79. The van der Waals surface area contributed by atoms with E-state index < -0.39 is 0 Å². The molecule has 2 fully saturated rings. The number of hydrogen-bond donors (Lipinski definition) is 1. The Hall–Kier alpha value is 0.310.